The van der Waals surface area contributed by atoms with Gasteiger partial charge in [-0.25, -0.2) is 0 Å². The highest BCUT2D eigenvalue weighted by Gasteiger charge is 2.10. The third kappa shape index (κ3) is 4.68. The maximum absolute atomic E-state index is 11.6. The van der Waals surface area contributed by atoms with E-state index in [1.807, 2.05) is 31.2 Å². The fraction of sp³-hybridized carbons (Fsp3) is 0.400. The Morgan fingerprint density at radius 2 is 2.24 bits per heavy atom. The van der Waals surface area contributed by atoms with Crippen molar-refractivity contribution in [3.05, 3.63) is 35.7 Å². The highest BCUT2D eigenvalue weighted by atomic mass is 16.5. The molecular weight excluding hydrogens is 270 g/mol. The van der Waals surface area contributed by atoms with Gasteiger partial charge in [0.1, 0.15) is 0 Å². The van der Waals surface area contributed by atoms with Crippen LogP contribution in [-0.4, -0.2) is 36.4 Å². The highest BCUT2D eigenvalue weighted by Crippen LogP contribution is 2.19. The van der Waals surface area contributed by atoms with Gasteiger partial charge < -0.3 is 14.5 Å². The second kappa shape index (κ2) is 7.54. The summed E-state index contributed by atoms with van der Waals surface area (Å²) in [6.45, 7) is 3.02. The lowest BCUT2D eigenvalue weighted by atomic mass is 10.1. The number of hydrogen-bond acceptors (Lipinski definition) is 5. The van der Waals surface area contributed by atoms with Crippen LogP contribution < -0.4 is 5.32 Å². The zero-order chi connectivity index (χ0) is 15.1. The number of ether oxygens (including phenoxy) is 1. The number of nitrogens with zero attached hydrogens (tertiary/aromatic N) is 2. The molecule has 1 aromatic heterocycles. The average Bonchev–Trinajstić information content (AvgIpc) is 2.94. The Hall–Kier alpha value is -2.21. The van der Waals surface area contributed by atoms with Gasteiger partial charge in [0.05, 0.1) is 6.61 Å². The fourth-order valence-corrected chi connectivity index (χ4v) is 1.85. The van der Waals surface area contributed by atoms with E-state index in [1.54, 1.807) is 7.11 Å². The van der Waals surface area contributed by atoms with Crippen LogP contribution in [0.4, 0.5) is 0 Å². The summed E-state index contributed by atoms with van der Waals surface area (Å²) in [6.07, 6.45) is 0.747. The molecule has 6 heteroatoms. The van der Waals surface area contributed by atoms with E-state index in [4.69, 9.17) is 9.15 Å². The van der Waals surface area contributed by atoms with Crippen LogP contribution in [0.25, 0.3) is 11.5 Å². The maximum atomic E-state index is 11.6. The van der Waals surface area contributed by atoms with Gasteiger partial charge in [0.2, 0.25) is 17.7 Å². The molecule has 1 aromatic carbocycles. The number of amides is 1. The van der Waals surface area contributed by atoms with Crippen LogP contribution in [0.5, 0.6) is 0 Å². The number of rotatable bonds is 7. The van der Waals surface area contributed by atoms with E-state index in [-0.39, 0.29) is 5.91 Å². The highest BCUT2D eigenvalue weighted by molar-refractivity contribution is 5.75. The van der Waals surface area contributed by atoms with E-state index in [1.165, 1.54) is 0 Å². The van der Waals surface area contributed by atoms with Crippen molar-refractivity contribution in [3.63, 3.8) is 0 Å². The summed E-state index contributed by atoms with van der Waals surface area (Å²) in [4.78, 5) is 11.6. The van der Waals surface area contributed by atoms with Crippen molar-refractivity contribution in [3.8, 4) is 11.5 Å². The molecule has 0 spiro atoms. The Morgan fingerprint density at radius 3 is 3.00 bits per heavy atom. The SMILES string of the molecule is COCCNC(=O)CCc1nnc(-c2cccc(C)c2)o1. The van der Waals surface area contributed by atoms with E-state index in [2.05, 4.69) is 15.5 Å². The van der Waals surface area contributed by atoms with Crippen molar-refractivity contribution in [2.45, 2.75) is 19.8 Å². The Balaban J connectivity index is 1.87. The fourth-order valence-electron chi connectivity index (χ4n) is 1.85. The largest absolute Gasteiger partial charge is 0.421 e. The second-order valence-corrected chi connectivity index (χ2v) is 4.71. The predicted octanol–water partition coefficient (Wildman–Crippen LogP) is 1.74. The van der Waals surface area contributed by atoms with Crippen LogP contribution in [0.3, 0.4) is 0 Å². The van der Waals surface area contributed by atoms with Crippen LogP contribution >= 0.6 is 0 Å². The number of hydrogen-bond donors (Lipinski definition) is 1. The van der Waals surface area contributed by atoms with Crippen molar-refractivity contribution >= 4 is 5.91 Å². The van der Waals surface area contributed by atoms with Gasteiger partial charge >= 0.3 is 0 Å². The first kappa shape index (κ1) is 15.2. The van der Waals surface area contributed by atoms with Gasteiger partial charge in [0.15, 0.2) is 0 Å². The minimum Gasteiger partial charge on any atom is -0.421 e. The lowest BCUT2D eigenvalue weighted by molar-refractivity contribution is -0.121. The van der Waals surface area contributed by atoms with Gasteiger partial charge in [-0.1, -0.05) is 17.7 Å². The van der Waals surface area contributed by atoms with E-state index < -0.39 is 0 Å². The van der Waals surface area contributed by atoms with Gasteiger partial charge in [0.25, 0.3) is 0 Å². The van der Waals surface area contributed by atoms with Crippen LogP contribution in [-0.2, 0) is 16.0 Å². The topological polar surface area (TPSA) is 77.2 Å². The maximum Gasteiger partial charge on any atom is 0.247 e. The number of nitrogens with one attached hydrogen (secondary N) is 1. The molecule has 6 nitrogen and oxygen atoms in total. The first-order valence-corrected chi connectivity index (χ1v) is 6.84. The number of benzene rings is 1. The molecule has 2 rings (SSSR count). The molecule has 0 atom stereocenters. The van der Waals surface area contributed by atoms with E-state index in [0.717, 1.165) is 11.1 Å². The lowest BCUT2D eigenvalue weighted by Crippen LogP contribution is -2.27. The monoisotopic (exact) mass is 289 g/mol. The minimum absolute atomic E-state index is 0.0534. The molecule has 0 radical (unpaired) electrons. The van der Waals surface area contributed by atoms with Crippen LogP contribution in [0, 0.1) is 6.92 Å². The zero-order valence-electron chi connectivity index (χ0n) is 12.3. The molecule has 0 aliphatic carbocycles. The number of carbonyl (C=O) groups is 1. The summed E-state index contributed by atoms with van der Waals surface area (Å²) in [5.74, 6) is 0.893. The molecule has 0 aliphatic rings. The van der Waals surface area contributed by atoms with Crippen molar-refractivity contribution in [2.75, 3.05) is 20.3 Å². The third-order valence-corrected chi connectivity index (χ3v) is 2.93. The van der Waals surface area contributed by atoms with Crippen molar-refractivity contribution < 1.29 is 13.9 Å². The zero-order valence-corrected chi connectivity index (χ0v) is 12.3. The molecule has 1 heterocycles. The van der Waals surface area contributed by atoms with Crippen LogP contribution in [0.2, 0.25) is 0 Å². The van der Waals surface area contributed by atoms with Crippen molar-refractivity contribution in [1.82, 2.24) is 15.5 Å². The second-order valence-electron chi connectivity index (χ2n) is 4.71. The number of aromatic nitrogens is 2. The molecular formula is C15H19N3O3. The lowest BCUT2D eigenvalue weighted by Gasteiger charge is -2.02. The summed E-state index contributed by atoms with van der Waals surface area (Å²) in [7, 11) is 1.59. The van der Waals surface area contributed by atoms with Gasteiger partial charge in [-0.3, -0.25) is 4.79 Å². The average molecular weight is 289 g/mol. The van der Waals surface area contributed by atoms with Crippen LogP contribution in [0.1, 0.15) is 17.9 Å². The summed E-state index contributed by atoms with van der Waals surface area (Å²) in [6, 6.07) is 7.85. The molecule has 21 heavy (non-hydrogen) atoms. The Kier molecular flexibility index (Phi) is 5.45. The Labute approximate surface area is 123 Å². The van der Waals surface area contributed by atoms with E-state index >= 15 is 0 Å². The molecule has 0 bridgehead atoms. The molecule has 1 N–H and O–H groups in total. The standard InChI is InChI=1S/C15H19N3O3/c1-11-4-3-5-12(10-11)15-18-17-14(21-15)7-6-13(19)16-8-9-20-2/h3-5,10H,6-9H2,1-2H3,(H,16,19). The first-order chi connectivity index (χ1) is 10.2. The molecule has 112 valence electrons. The van der Waals surface area contributed by atoms with Crippen molar-refractivity contribution in [2.24, 2.45) is 0 Å². The Bertz CT molecular complexity index is 595. The summed E-state index contributed by atoms with van der Waals surface area (Å²) < 4.78 is 10.4. The molecule has 0 saturated carbocycles. The van der Waals surface area contributed by atoms with Crippen LogP contribution in [0.15, 0.2) is 28.7 Å². The molecule has 0 fully saturated rings. The first-order valence-electron chi connectivity index (χ1n) is 6.84. The quantitative estimate of drug-likeness (QED) is 0.786. The molecule has 0 unspecified atom stereocenters. The smallest absolute Gasteiger partial charge is 0.247 e. The van der Waals surface area contributed by atoms with Gasteiger partial charge in [-0.15, -0.1) is 10.2 Å². The molecule has 1 amide bonds. The number of methoxy groups -OCH3 is 1. The van der Waals surface area contributed by atoms with E-state index in [0.29, 0.717) is 37.8 Å². The number of aryl methyl sites for hydroxylation is 2. The summed E-state index contributed by atoms with van der Waals surface area (Å²) >= 11 is 0. The molecule has 0 aliphatic heterocycles. The minimum atomic E-state index is -0.0534. The van der Waals surface area contributed by atoms with E-state index in [9.17, 15) is 4.79 Å². The molecule has 2 aromatic rings. The summed E-state index contributed by atoms with van der Waals surface area (Å²) in [5, 5.41) is 10.7. The summed E-state index contributed by atoms with van der Waals surface area (Å²) in [5.41, 5.74) is 2.02. The van der Waals surface area contributed by atoms with Crippen molar-refractivity contribution in [1.29, 1.82) is 0 Å². The number of carbonyl (C=O) groups excluding carboxylic acids is 1. The molecule has 0 saturated heterocycles. The normalized spacial score (nSPS) is 10.6. The predicted molar refractivity (Wildman–Crippen MR) is 77.7 cm³/mol. The third-order valence-electron chi connectivity index (χ3n) is 2.93. The van der Waals surface area contributed by atoms with Gasteiger partial charge in [0, 0.05) is 32.1 Å². The van der Waals surface area contributed by atoms with Gasteiger partial charge in [-0.2, -0.15) is 0 Å². The van der Waals surface area contributed by atoms with Gasteiger partial charge in [-0.05, 0) is 19.1 Å². The Morgan fingerprint density at radius 1 is 1.38 bits per heavy atom.